The highest BCUT2D eigenvalue weighted by Crippen LogP contribution is 2.38. The standard InChI is InChI=1S/C48H44N2/c1-35-14-10-11-31-50(44-22-13-20-40(33-44)37-17-6-3-7-18-37)48-30-27-41(34-46(35)48)39-19-12-21-42(32-39)45-23-8-9-24-47(45)49-43-28-25-38(26-29-43)36-15-4-2-5-16-36/h2-7,9-21,24-25,27-28,30-34,38,43-44,49H,1,8,22-23,26,29H2/b14-10-,31-11-. The lowest BCUT2D eigenvalue weighted by Gasteiger charge is -2.33. The van der Waals surface area contributed by atoms with Gasteiger partial charge in [-0.25, -0.2) is 0 Å². The highest BCUT2D eigenvalue weighted by molar-refractivity contribution is 5.87. The molecule has 0 fully saturated rings. The molecule has 4 aromatic rings. The summed E-state index contributed by atoms with van der Waals surface area (Å²) in [5.41, 5.74) is 13.7. The molecule has 1 heterocycles. The predicted octanol–water partition coefficient (Wildman–Crippen LogP) is 11.8. The van der Waals surface area contributed by atoms with Crippen LogP contribution in [-0.2, 0) is 0 Å². The van der Waals surface area contributed by atoms with Crippen LogP contribution >= 0.6 is 0 Å². The van der Waals surface area contributed by atoms with Crippen LogP contribution in [-0.4, -0.2) is 12.1 Å². The maximum absolute atomic E-state index is 4.51. The highest BCUT2D eigenvalue weighted by atomic mass is 15.1. The number of nitrogens with one attached hydrogen (secondary N) is 1. The lowest BCUT2D eigenvalue weighted by Crippen LogP contribution is -2.30. The molecule has 50 heavy (non-hydrogen) atoms. The van der Waals surface area contributed by atoms with Gasteiger partial charge in [-0.05, 0) is 107 Å². The molecule has 1 aliphatic heterocycles. The molecule has 0 saturated carbocycles. The van der Waals surface area contributed by atoms with Crippen molar-refractivity contribution in [2.24, 2.45) is 0 Å². The Labute approximate surface area is 297 Å². The van der Waals surface area contributed by atoms with Gasteiger partial charge in [-0.15, -0.1) is 0 Å². The van der Waals surface area contributed by atoms with E-state index in [9.17, 15) is 0 Å². The molecule has 0 radical (unpaired) electrons. The fourth-order valence-electron chi connectivity index (χ4n) is 7.76. The van der Waals surface area contributed by atoms with Crippen LogP contribution in [0.25, 0.3) is 27.8 Å². The first kappa shape index (κ1) is 31.7. The Morgan fingerprint density at radius 3 is 2.32 bits per heavy atom. The summed E-state index contributed by atoms with van der Waals surface area (Å²) < 4.78 is 0. The Bertz CT molecular complexity index is 2090. The molecule has 0 bridgehead atoms. The maximum Gasteiger partial charge on any atom is 0.0560 e. The monoisotopic (exact) mass is 648 g/mol. The molecule has 3 unspecified atom stereocenters. The van der Waals surface area contributed by atoms with Gasteiger partial charge in [0.15, 0.2) is 0 Å². The lowest BCUT2D eigenvalue weighted by molar-refractivity contribution is 0.542. The molecule has 2 heteroatoms. The van der Waals surface area contributed by atoms with Crippen LogP contribution in [0.1, 0.15) is 60.3 Å². The van der Waals surface area contributed by atoms with Crippen LogP contribution in [0, 0.1) is 0 Å². The number of nitrogens with zero attached hydrogens (tertiary/aromatic N) is 1. The molecule has 3 atom stereocenters. The average molecular weight is 649 g/mol. The first-order valence-corrected chi connectivity index (χ1v) is 18.1. The molecular formula is C48H44N2. The van der Waals surface area contributed by atoms with Gasteiger partial charge in [0.05, 0.1) is 6.04 Å². The van der Waals surface area contributed by atoms with Crippen molar-refractivity contribution in [1.82, 2.24) is 5.32 Å². The second kappa shape index (κ2) is 14.5. The van der Waals surface area contributed by atoms with Crippen LogP contribution < -0.4 is 10.2 Å². The summed E-state index contributed by atoms with van der Waals surface area (Å²) in [6, 6.07) is 38.1. The number of allylic oxidation sites excluding steroid dienone is 10. The van der Waals surface area contributed by atoms with Crippen LogP contribution in [0.5, 0.6) is 0 Å². The summed E-state index contributed by atoms with van der Waals surface area (Å²) in [6.45, 7) is 4.51. The zero-order valence-corrected chi connectivity index (χ0v) is 28.6. The van der Waals surface area contributed by atoms with Crippen LogP contribution in [0.2, 0.25) is 0 Å². The Morgan fingerprint density at radius 1 is 0.680 bits per heavy atom. The number of benzene rings is 4. The van der Waals surface area contributed by atoms with E-state index in [4.69, 9.17) is 0 Å². The van der Waals surface area contributed by atoms with Crippen molar-refractivity contribution < 1.29 is 0 Å². The van der Waals surface area contributed by atoms with Crippen LogP contribution in [0.15, 0.2) is 182 Å². The molecule has 2 nitrogen and oxygen atoms in total. The summed E-state index contributed by atoms with van der Waals surface area (Å²) in [5.74, 6) is 0.504. The van der Waals surface area contributed by atoms with E-state index in [1.54, 1.807) is 0 Å². The van der Waals surface area contributed by atoms with Gasteiger partial charge in [0.2, 0.25) is 0 Å². The van der Waals surface area contributed by atoms with Gasteiger partial charge in [-0.2, -0.15) is 0 Å². The second-order valence-electron chi connectivity index (χ2n) is 13.7. The molecule has 246 valence electrons. The first-order valence-electron chi connectivity index (χ1n) is 18.1. The van der Waals surface area contributed by atoms with Crippen molar-refractivity contribution in [2.75, 3.05) is 4.90 Å². The van der Waals surface area contributed by atoms with Crippen molar-refractivity contribution in [2.45, 2.75) is 50.1 Å². The molecule has 0 aromatic heterocycles. The van der Waals surface area contributed by atoms with Gasteiger partial charge in [-0.1, -0.05) is 140 Å². The van der Waals surface area contributed by atoms with E-state index in [1.165, 1.54) is 50.3 Å². The number of fused-ring (bicyclic) bond motifs is 1. The van der Waals surface area contributed by atoms with Gasteiger partial charge in [0, 0.05) is 35.1 Å². The largest absolute Gasteiger partial charge is 0.379 e. The summed E-state index contributed by atoms with van der Waals surface area (Å²) in [6.07, 6.45) is 30.2. The van der Waals surface area contributed by atoms with E-state index in [2.05, 4.69) is 187 Å². The predicted molar refractivity (Wildman–Crippen MR) is 213 cm³/mol. The van der Waals surface area contributed by atoms with Gasteiger partial charge in [-0.3, -0.25) is 0 Å². The van der Waals surface area contributed by atoms with Crippen molar-refractivity contribution >= 4 is 22.4 Å². The Kier molecular flexibility index (Phi) is 9.17. The van der Waals surface area contributed by atoms with Crippen molar-refractivity contribution in [3.63, 3.8) is 0 Å². The average Bonchev–Trinajstić information content (AvgIpc) is 3.18. The minimum absolute atomic E-state index is 0.208. The third-order valence-electron chi connectivity index (χ3n) is 10.4. The smallest absolute Gasteiger partial charge is 0.0560 e. The van der Waals surface area contributed by atoms with Crippen molar-refractivity contribution in [3.8, 4) is 11.1 Å². The van der Waals surface area contributed by atoms with Crippen LogP contribution in [0.4, 0.5) is 5.69 Å². The minimum atomic E-state index is 0.208. The molecule has 1 N–H and O–H groups in total. The number of rotatable bonds is 7. The first-order chi connectivity index (χ1) is 24.7. The third kappa shape index (κ3) is 6.80. The van der Waals surface area contributed by atoms with E-state index in [-0.39, 0.29) is 6.04 Å². The zero-order chi connectivity index (χ0) is 33.7. The molecule has 3 aliphatic carbocycles. The third-order valence-corrected chi connectivity index (χ3v) is 10.4. The number of anilines is 1. The zero-order valence-electron chi connectivity index (χ0n) is 28.6. The summed E-state index contributed by atoms with van der Waals surface area (Å²) >= 11 is 0. The van der Waals surface area contributed by atoms with E-state index < -0.39 is 0 Å². The van der Waals surface area contributed by atoms with Crippen LogP contribution in [0.3, 0.4) is 0 Å². The molecule has 0 spiro atoms. The van der Waals surface area contributed by atoms with E-state index in [0.717, 1.165) is 43.2 Å². The van der Waals surface area contributed by atoms with Gasteiger partial charge < -0.3 is 10.2 Å². The van der Waals surface area contributed by atoms with E-state index in [1.807, 2.05) is 0 Å². The topological polar surface area (TPSA) is 15.3 Å². The Balaban J connectivity index is 1.07. The molecule has 4 aromatic carbocycles. The summed E-state index contributed by atoms with van der Waals surface area (Å²) in [5, 5.41) is 3.91. The van der Waals surface area contributed by atoms with E-state index >= 15 is 0 Å². The Hall–Kier alpha value is -5.60. The highest BCUT2D eigenvalue weighted by Gasteiger charge is 2.23. The molecule has 8 rings (SSSR count). The van der Waals surface area contributed by atoms with Gasteiger partial charge in [0.25, 0.3) is 0 Å². The quantitative estimate of drug-likeness (QED) is 0.201. The molecule has 0 amide bonds. The maximum atomic E-state index is 4.51. The second-order valence-corrected chi connectivity index (χ2v) is 13.7. The van der Waals surface area contributed by atoms with Crippen molar-refractivity contribution in [3.05, 3.63) is 205 Å². The minimum Gasteiger partial charge on any atom is -0.379 e. The SMILES string of the molecule is C=C1/C=C\C=C/N(C2C=C(c3ccccc3)C=CC2)c2ccc(-c3cccc(C4=C(NC5C=CC(c6ccccc6)CC5)C=CCC4)c3)cc21. The fraction of sp³-hybridized carbons (Fsp3) is 0.167. The molecular weight excluding hydrogens is 605 g/mol. The fourth-order valence-corrected chi connectivity index (χ4v) is 7.76. The lowest BCUT2D eigenvalue weighted by atomic mass is 9.86. The number of hydrogen-bond donors (Lipinski definition) is 1. The van der Waals surface area contributed by atoms with Gasteiger partial charge in [0.1, 0.15) is 0 Å². The molecule has 4 aliphatic rings. The van der Waals surface area contributed by atoms with E-state index in [0.29, 0.717) is 12.0 Å². The Morgan fingerprint density at radius 2 is 1.48 bits per heavy atom. The molecule has 0 saturated heterocycles. The summed E-state index contributed by atoms with van der Waals surface area (Å²) in [4.78, 5) is 2.41. The summed E-state index contributed by atoms with van der Waals surface area (Å²) in [7, 11) is 0. The number of hydrogen-bond acceptors (Lipinski definition) is 2. The van der Waals surface area contributed by atoms with Crippen molar-refractivity contribution in [1.29, 1.82) is 0 Å². The normalized spacial score (nSPS) is 22.7. The van der Waals surface area contributed by atoms with Gasteiger partial charge >= 0.3 is 0 Å².